The molecule has 0 unspecified atom stereocenters. The molecule has 14 N–H and O–H groups in total. The largest absolute Gasteiger partial charge is 0.450 e. The fourth-order valence-corrected chi connectivity index (χ4v) is 4.94. The second-order valence-electron chi connectivity index (χ2n) is 12.9. The summed E-state index contributed by atoms with van der Waals surface area (Å²) in [6.45, 7) is 2.41. The number of anilines is 6. The second kappa shape index (κ2) is 31.2. The molecule has 0 atom stereocenters. The Labute approximate surface area is 401 Å². The third kappa shape index (κ3) is 20.3. The first-order valence-electron chi connectivity index (χ1n) is 19.3. The van der Waals surface area contributed by atoms with Crippen LogP contribution in [0.3, 0.4) is 0 Å². The van der Waals surface area contributed by atoms with Crippen molar-refractivity contribution >= 4 is 57.3 Å². The molecule has 20 nitrogen and oxygen atoms in total. The van der Waals surface area contributed by atoms with Crippen LogP contribution in [0.4, 0.5) is 95.5 Å². The molecule has 0 aromatic heterocycles. The summed E-state index contributed by atoms with van der Waals surface area (Å²) in [5.41, 5.74) is 15.7. The molecule has 72 heavy (non-hydrogen) atoms. The summed E-state index contributed by atoms with van der Waals surface area (Å²) in [6.07, 6.45) is -0.703. The van der Waals surface area contributed by atoms with Crippen molar-refractivity contribution in [3.8, 4) is 0 Å². The van der Waals surface area contributed by atoms with Crippen molar-refractivity contribution in [2.45, 2.75) is 20.0 Å². The number of rotatable bonds is 11. The van der Waals surface area contributed by atoms with Crippen LogP contribution in [0.15, 0.2) is 97.1 Å². The predicted molar refractivity (Wildman–Crippen MR) is 248 cm³/mol. The summed E-state index contributed by atoms with van der Waals surface area (Å²) in [5, 5.41) is 52.7. The minimum atomic E-state index is -1.45. The number of carbonyl (C=O) groups excluding carboxylic acids is 1. The Morgan fingerprint density at radius 3 is 1.26 bits per heavy atom. The summed E-state index contributed by atoms with van der Waals surface area (Å²) in [7, 11) is 2.00. The third-order valence-corrected chi connectivity index (χ3v) is 8.21. The smallest absolute Gasteiger partial charge is 0.411 e. The Kier molecular flexibility index (Phi) is 27.3. The SMILES string of the molecule is CCOC(=O)Nc1cc(F)c(NCc2ccc(F)cc2)cc1N.CO.CO.N.Nc1cc(F)c(F)cc1[N+](=O)[O-].Nc1cc(NCc2ccc(F)cc2)c(F)cc1[N+](=O)[O-].O=[N+]([O-])c1cc(F)c(F)cc1F. The molecule has 0 spiro atoms. The number of nitrogens with zero attached hydrogens (tertiary/aromatic N) is 3. The standard InChI is InChI=1S/C16H17F2N3O2.C13H11F2N3O2.C6H2F3NO2.C6H4F2N2O2.2CH4O.H3N/c1-2-23-16(22)21-15-7-12(18)14(8-13(15)19)20-9-10-3-5-11(17)6-4-10;14-9-3-1-8(2-4-9)7-17-12-6-11(16)13(18(19)20)5-10(12)15;2*7-3-1-5(9)6(10(11)12)2-4(3)8;2*1-2;/h3-8,20H,2,9,19H2,1H3,(H,21,22);1-6,17H,7,16H2;1-2H;1-2H,9H2;2*2H,1H3;1H3. The van der Waals surface area contributed by atoms with Gasteiger partial charge in [0.2, 0.25) is 5.82 Å². The number of nitro benzene ring substituents is 3. The molecule has 0 saturated heterocycles. The molecule has 0 aliphatic heterocycles. The molecule has 0 heterocycles. The van der Waals surface area contributed by atoms with Crippen molar-refractivity contribution < 1.29 is 74.0 Å². The summed E-state index contributed by atoms with van der Waals surface area (Å²) in [4.78, 5) is 39.3. The molecule has 6 aromatic rings. The molecule has 1 amide bonds. The number of aliphatic hydroxyl groups is 2. The van der Waals surface area contributed by atoms with Crippen LogP contribution in [0.1, 0.15) is 18.1 Å². The minimum absolute atomic E-state index is 0. The van der Waals surface area contributed by atoms with Gasteiger partial charge in [0.05, 0.1) is 62.3 Å². The topological polar surface area (TPSA) is 345 Å². The first-order valence-corrected chi connectivity index (χ1v) is 19.3. The Hall–Kier alpha value is -8.96. The number of nitrogen functional groups attached to an aromatic ring is 3. The van der Waals surface area contributed by atoms with E-state index in [4.69, 9.17) is 32.2 Å². The summed E-state index contributed by atoms with van der Waals surface area (Å²) in [6, 6.07) is 17.3. The van der Waals surface area contributed by atoms with E-state index >= 15 is 0 Å². The molecule has 0 aliphatic rings. The molecule has 390 valence electrons. The third-order valence-electron chi connectivity index (χ3n) is 8.21. The van der Waals surface area contributed by atoms with Gasteiger partial charge in [-0.2, -0.15) is 4.39 Å². The van der Waals surface area contributed by atoms with E-state index in [9.17, 15) is 74.7 Å². The van der Waals surface area contributed by atoms with E-state index < -0.39 is 78.6 Å². The maximum absolute atomic E-state index is 14.1. The molecular formula is C43H45F9N10O10. The van der Waals surface area contributed by atoms with E-state index in [0.717, 1.165) is 43.5 Å². The quantitative estimate of drug-likeness (QED) is 0.0192. The van der Waals surface area contributed by atoms with Gasteiger partial charge >= 0.3 is 11.8 Å². The van der Waals surface area contributed by atoms with E-state index in [1.807, 2.05) is 0 Å². The number of carbonyl (C=O) groups is 1. The zero-order valence-electron chi connectivity index (χ0n) is 37.7. The number of ether oxygens (including phenoxy) is 1. The van der Waals surface area contributed by atoms with Gasteiger partial charge in [-0.05, 0) is 54.4 Å². The number of hydrogen-bond donors (Lipinski definition) is 9. The molecule has 6 aromatic carbocycles. The molecule has 0 saturated carbocycles. The Morgan fingerprint density at radius 1 is 0.500 bits per heavy atom. The van der Waals surface area contributed by atoms with Crippen molar-refractivity contribution in [3.05, 3.63) is 191 Å². The molecule has 0 radical (unpaired) electrons. The van der Waals surface area contributed by atoms with Crippen molar-refractivity contribution in [1.82, 2.24) is 6.15 Å². The van der Waals surface area contributed by atoms with E-state index in [1.54, 1.807) is 31.2 Å². The lowest BCUT2D eigenvalue weighted by molar-refractivity contribution is -0.387. The lowest BCUT2D eigenvalue weighted by atomic mass is 10.2. The van der Waals surface area contributed by atoms with Crippen LogP contribution in [-0.2, 0) is 17.8 Å². The number of nitrogens with one attached hydrogen (secondary N) is 3. The predicted octanol–water partition coefficient (Wildman–Crippen LogP) is 9.64. The fraction of sp³-hybridized carbons (Fsp3) is 0.140. The van der Waals surface area contributed by atoms with Gasteiger partial charge in [-0.3, -0.25) is 35.7 Å². The van der Waals surface area contributed by atoms with E-state index in [-0.39, 0.29) is 77.2 Å². The number of amides is 1. The van der Waals surface area contributed by atoms with Crippen molar-refractivity contribution in [1.29, 1.82) is 0 Å². The van der Waals surface area contributed by atoms with Crippen LogP contribution in [0.2, 0.25) is 0 Å². The Morgan fingerprint density at radius 2 is 0.847 bits per heavy atom. The number of aliphatic hydroxyl groups excluding tert-OH is 2. The number of halogens is 9. The summed E-state index contributed by atoms with van der Waals surface area (Å²) >= 11 is 0. The average molecular weight is 1030 g/mol. The highest BCUT2D eigenvalue weighted by molar-refractivity contribution is 5.89. The van der Waals surface area contributed by atoms with E-state index in [1.165, 1.54) is 30.3 Å². The van der Waals surface area contributed by atoms with Crippen LogP contribution in [-0.4, -0.2) is 51.9 Å². The van der Waals surface area contributed by atoms with Crippen LogP contribution in [0.25, 0.3) is 0 Å². The first-order chi connectivity index (χ1) is 33.5. The Bertz CT molecular complexity index is 2680. The summed E-state index contributed by atoms with van der Waals surface area (Å²) < 4.78 is 120. The van der Waals surface area contributed by atoms with Crippen molar-refractivity contribution in [3.63, 3.8) is 0 Å². The van der Waals surface area contributed by atoms with Crippen LogP contribution in [0.5, 0.6) is 0 Å². The highest BCUT2D eigenvalue weighted by Gasteiger charge is 2.19. The molecule has 0 aliphatic carbocycles. The number of benzene rings is 6. The molecule has 29 heteroatoms. The molecular weight excluding hydrogens is 988 g/mol. The highest BCUT2D eigenvalue weighted by atomic mass is 19.2. The number of nitro groups is 3. The van der Waals surface area contributed by atoms with Gasteiger partial charge in [0.1, 0.15) is 28.8 Å². The lowest BCUT2D eigenvalue weighted by Crippen LogP contribution is -2.15. The molecule has 0 bridgehead atoms. The molecule has 0 fully saturated rings. The maximum Gasteiger partial charge on any atom is 0.411 e. The van der Waals surface area contributed by atoms with Gasteiger partial charge < -0.3 is 48.9 Å². The van der Waals surface area contributed by atoms with Gasteiger partial charge in [0, 0.05) is 45.5 Å². The van der Waals surface area contributed by atoms with Crippen LogP contribution in [0, 0.1) is 82.7 Å². The zero-order valence-corrected chi connectivity index (χ0v) is 37.7. The fourth-order valence-electron chi connectivity index (χ4n) is 4.94. The van der Waals surface area contributed by atoms with Crippen molar-refractivity contribution in [2.24, 2.45) is 0 Å². The van der Waals surface area contributed by atoms with Gasteiger partial charge in [-0.25, -0.2) is 39.9 Å². The number of nitrogens with two attached hydrogens (primary N) is 3. The van der Waals surface area contributed by atoms with Gasteiger partial charge in [-0.1, -0.05) is 24.3 Å². The zero-order chi connectivity index (χ0) is 54.1. The average Bonchev–Trinajstić information content (AvgIpc) is 3.32. The monoisotopic (exact) mass is 1030 g/mol. The molecule has 6 rings (SSSR count). The number of hydrogen-bond acceptors (Lipinski definition) is 16. The lowest BCUT2D eigenvalue weighted by Gasteiger charge is -2.13. The summed E-state index contributed by atoms with van der Waals surface area (Å²) in [5.74, 6) is -8.80. The van der Waals surface area contributed by atoms with Gasteiger partial charge in [0.15, 0.2) is 29.1 Å². The van der Waals surface area contributed by atoms with Crippen molar-refractivity contribution in [2.75, 3.05) is 54.0 Å². The van der Waals surface area contributed by atoms with E-state index in [0.29, 0.717) is 18.7 Å². The van der Waals surface area contributed by atoms with Gasteiger partial charge in [0.25, 0.3) is 11.4 Å². The van der Waals surface area contributed by atoms with E-state index in [2.05, 4.69) is 16.0 Å². The van der Waals surface area contributed by atoms with Crippen LogP contribution >= 0.6 is 0 Å². The van der Waals surface area contributed by atoms with Gasteiger partial charge in [-0.15, -0.1) is 0 Å². The minimum Gasteiger partial charge on any atom is -0.450 e. The highest BCUT2D eigenvalue weighted by Crippen LogP contribution is 2.29. The Balaban J connectivity index is 0.000000939. The van der Waals surface area contributed by atoms with Crippen LogP contribution < -0.4 is 39.3 Å². The second-order valence-corrected chi connectivity index (χ2v) is 12.9. The normalized spacial score (nSPS) is 9.58. The first kappa shape index (κ1) is 63.0. The maximum atomic E-state index is 14.1.